The molecule has 0 radical (unpaired) electrons. The molecule has 8 aromatic carbocycles. The van der Waals surface area contributed by atoms with E-state index in [1.165, 1.54) is 110 Å². The van der Waals surface area contributed by atoms with Gasteiger partial charge in [-0.1, -0.05) is 96.5 Å². The maximum absolute atomic E-state index is 2.27. The van der Waals surface area contributed by atoms with Gasteiger partial charge in [0.2, 0.25) is 0 Å². The molecule has 0 aromatic heterocycles. The molecule has 0 saturated heterocycles. The Bertz CT molecular complexity index is 2230. The van der Waals surface area contributed by atoms with Crippen LogP contribution in [0.5, 0.6) is 0 Å². The standard InChI is InChI=1S/4C12H13.2C2H6Si.2ClH.2Ti/c4*1-8-4-10(3)12-7-9(2)6-11(12)5-8;2*1-3-2;;;;/h4*4-7H,1-3H3;2*1-2H3;2*1H;;/q4*-1;;;;;2*+2/p-2. The van der Waals surface area contributed by atoms with Gasteiger partial charge in [0.1, 0.15) is 0 Å². The summed E-state index contributed by atoms with van der Waals surface area (Å²) >= 11 is 4.54. The fourth-order valence-electron chi connectivity index (χ4n) is 7.37. The molecule has 0 bridgehead atoms. The first kappa shape index (κ1) is 53.8. The summed E-state index contributed by atoms with van der Waals surface area (Å²) < 4.78 is 0. The van der Waals surface area contributed by atoms with Gasteiger partial charge in [0.25, 0.3) is 0 Å². The first-order chi connectivity index (χ1) is 26.1. The minimum absolute atomic E-state index is 0. The van der Waals surface area contributed by atoms with Crippen LogP contribution in [-0.2, 0) is 38.3 Å². The van der Waals surface area contributed by atoms with Crippen LogP contribution < -0.4 is 24.8 Å². The number of benzene rings is 4. The molecule has 8 rings (SSSR count). The molecule has 0 aliphatic carbocycles. The van der Waals surface area contributed by atoms with E-state index in [1.807, 2.05) is 0 Å². The summed E-state index contributed by atoms with van der Waals surface area (Å²) in [5.74, 6) is 0. The normalized spacial score (nSPS) is 10.0. The summed E-state index contributed by atoms with van der Waals surface area (Å²) in [5.41, 5.74) is 16.4. The number of hydrogen-bond donors (Lipinski definition) is 0. The number of hydrogen-bond acceptors (Lipinski definition) is 0. The molecular formula is C52H64Cl2Si2Ti2-2. The fraction of sp³-hybridized carbons (Fsp3) is 0.308. The quantitative estimate of drug-likeness (QED) is 0.105. The Balaban J connectivity index is 0.000000360. The Morgan fingerprint density at radius 3 is 0.621 bits per heavy atom. The predicted octanol–water partition coefficient (Wildman–Crippen LogP) is 9.51. The van der Waals surface area contributed by atoms with Crippen molar-refractivity contribution in [3.05, 3.63) is 164 Å². The van der Waals surface area contributed by atoms with Crippen molar-refractivity contribution in [3.8, 4) is 0 Å². The van der Waals surface area contributed by atoms with Crippen molar-refractivity contribution < 1.29 is 63.2 Å². The monoisotopic (exact) mass is 910 g/mol. The molecule has 0 atom stereocenters. The third kappa shape index (κ3) is 17.0. The van der Waals surface area contributed by atoms with E-state index in [-0.39, 0.29) is 37.2 Å². The summed E-state index contributed by atoms with van der Waals surface area (Å²) in [4.78, 5) is 0. The third-order valence-electron chi connectivity index (χ3n) is 9.27. The molecule has 8 aromatic rings. The van der Waals surface area contributed by atoms with Crippen LogP contribution in [-0.4, -0.2) is 12.4 Å². The van der Waals surface area contributed by atoms with Crippen molar-refractivity contribution in [1.82, 2.24) is 0 Å². The van der Waals surface area contributed by atoms with E-state index >= 15 is 0 Å². The van der Waals surface area contributed by atoms with Crippen molar-refractivity contribution in [2.45, 2.75) is 109 Å². The molecule has 0 heterocycles. The maximum atomic E-state index is 2.27. The minimum atomic E-state index is 0. The van der Waals surface area contributed by atoms with Crippen molar-refractivity contribution >= 4 is 55.5 Å². The molecule has 0 saturated carbocycles. The van der Waals surface area contributed by atoms with E-state index in [9.17, 15) is 0 Å². The molecule has 0 aliphatic rings. The van der Waals surface area contributed by atoms with E-state index in [0.717, 1.165) is 0 Å². The number of halogens is 2. The molecule has 0 aliphatic heterocycles. The van der Waals surface area contributed by atoms with Crippen LogP contribution in [0.1, 0.15) is 66.8 Å². The SMILES string of the molecule is C[Si](C)=[Ti+2].C[Si](C)=[Ti+2].Cc1cc(C)c2cc(C)[cH-]c2c1.Cc1cc(C)c2cc(C)[cH-]c2c1.Cc1cc(C)c2cc(C)[cH-]c2c1.Cc1cc(C)c2cc(C)[cH-]c2c1.[Cl-].[Cl-]. The Hall–Kier alpha value is -2.24. The Morgan fingerprint density at radius 1 is 0.310 bits per heavy atom. The summed E-state index contributed by atoms with van der Waals surface area (Å²) in [6, 6.07) is 35.9. The van der Waals surface area contributed by atoms with E-state index in [1.54, 1.807) is 0 Å². The van der Waals surface area contributed by atoms with Crippen molar-refractivity contribution in [2.75, 3.05) is 0 Å². The molecule has 0 spiro atoms. The van der Waals surface area contributed by atoms with E-state index < -0.39 is 0 Å². The van der Waals surface area contributed by atoms with Crippen molar-refractivity contribution in [2.24, 2.45) is 0 Å². The first-order valence-corrected chi connectivity index (χ1v) is 29.4. The zero-order valence-electron chi connectivity index (χ0n) is 38.0. The van der Waals surface area contributed by atoms with Gasteiger partial charge in [-0.3, -0.25) is 0 Å². The van der Waals surface area contributed by atoms with E-state index in [2.05, 4.69) is 245 Å². The predicted molar refractivity (Wildman–Crippen MR) is 250 cm³/mol. The number of aryl methyl sites for hydroxylation is 12. The molecule has 6 heteroatoms. The van der Waals surface area contributed by atoms with Gasteiger partial charge in [0, 0.05) is 0 Å². The zero-order valence-corrected chi connectivity index (χ0v) is 44.6. The van der Waals surface area contributed by atoms with Crippen molar-refractivity contribution in [3.63, 3.8) is 0 Å². The van der Waals surface area contributed by atoms with Crippen LogP contribution in [0.3, 0.4) is 0 Å². The van der Waals surface area contributed by atoms with Gasteiger partial charge in [-0.05, 0) is 55.4 Å². The second kappa shape index (κ2) is 24.9. The van der Waals surface area contributed by atoms with Gasteiger partial charge in [-0.25, -0.2) is 0 Å². The maximum Gasteiger partial charge on any atom is -0.0486 e. The smallest absolute Gasteiger partial charge is 0.0486 e. The fourth-order valence-corrected chi connectivity index (χ4v) is 7.37. The molecule has 0 nitrogen and oxygen atoms in total. The molecular weight excluding hydrogens is 847 g/mol. The average Bonchev–Trinajstić information content (AvgIpc) is 3.82. The van der Waals surface area contributed by atoms with Crippen LogP contribution in [0.15, 0.2) is 97.1 Å². The summed E-state index contributed by atoms with van der Waals surface area (Å²) in [6.07, 6.45) is 0.241. The molecule has 0 unspecified atom stereocenters. The second-order valence-corrected chi connectivity index (χ2v) is 29.8. The Labute approximate surface area is 388 Å². The largest absolute Gasteiger partial charge is 1.00 e. The molecule has 0 fully saturated rings. The van der Waals surface area contributed by atoms with E-state index in [0.29, 0.717) is 0 Å². The van der Waals surface area contributed by atoms with Gasteiger partial charge in [-0.15, -0.1) is 114 Å². The van der Waals surface area contributed by atoms with Crippen LogP contribution in [0.25, 0.3) is 43.1 Å². The summed E-state index contributed by atoms with van der Waals surface area (Å²) in [6.45, 7) is 35.0. The number of fused-ring (bicyclic) bond motifs is 4. The minimum Gasteiger partial charge on any atom is -1.00 e. The Kier molecular flexibility index (Phi) is 23.1. The van der Waals surface area contributed by atoms with Crippen LogP contribution in [0.2, 0.25) is 26.2 Å². The first-order valence-electron chi connectivity index (χ1n) is 19.7. The van der Waals surface area contributed by atoms with Crippen LogP contribution in [0.4, 0.5) is 0 Å². The average molecular weight is 912 g/mol. The summed E-state index contributed by atoms with van der Waals surface area (Å²) in [5, 5.41) is 11.1. The van der Waals surface area contributed by atoms with Gasteiger partial charge in [0.15, 0.2) is 0 Å². The van der Waals surface area contributed by atoms with Crippen LogP contribution >= 0.6 is 0 Å². The molecule has 58 heavy (non-hydrogen) atoms. The van der Waals surface area contributed by atoms with Gasteiger partial charge in [-0.2, -0.15) is 24.3 Å². The molecule has 304 valence electrons. The summed E-state index contributed by atoms with van der Waals surface area (Å²) in [7, 11) is 0. The van der Waals surface area contributed by atoms with Gasteiger partial charge >= 0.3 is 76.9 Å². The van der Waals surface area contributed by atoms with E-state index in [4.69, 9.17) is 0 Å². The third-order valence-corrected chi connectivity index (χ3v) is 9.27. The second-order valence-electron chi connectivity index (χ2n) is 16.5. The van der Waals surface area contributed by atoms with Crippen molar-refractivity contribution in [1.29, 1.82) is 0 Å². The van der Waals surface area contributed by atoms with Crippen LogP contribution in [0, 0.1) is 83.1 Å². The topological polar surface area (TPSA) is 0 Å². The Morgan fingerprint density at radius 2 is 0.466 bits per heavy atom. The zero-order chi connectivity index (χ0) is 42.0. The number of rotatable bonds is 0. The van der Waals surface area contributed by atoms with Gasteiger partial charge in [0.05, 0.1) is 0 Å². The molecule has 0 N–H and O–H groups in total. The van der Waals surface area contributed by atoms with Gasteiger partial charge < -0.3 is 24.8 Å². The molecule has 0 amide bonds.